The minimum atomic E-state index is -1.59. The molecule has 1 aliphatic rings. The first-order valence-corrected chi connectivity index (χ1v) is 5.13. The molecular formula is C11H16O4. The van der Waals surface area contributed by atoms with Crippen LogP contribution in [0.2, 0.25) is 0 Å². The van der Waals surface area contributed by atoms with Crippen LogP contribution in [0.15, 0.2) is 12.7 Å². The van der Waals surface area contributed by atoms with Crippen LogP contribution in [0.5, 0.6) is 0 Å². The van der Waals surface area contributed by atoms with E-state index in [1.807, 2.05) is 0 Å². The summed E-state index contributed by atoms with van der Waals surface area (Å²) in [6, 6.07) is 0. The first kappa shape index (κ1) is 11.8. The summed E-state index contributed by atoms with van der Waals surface area (Å²) in [7, 11) is 0. The molecule has 0 saturated heterocycles. The highest BCUT2D eigenvalue weighted by atomic mass is 16.4. The van der Waals surface area contributed by atoms with Crippen LogP contribution in [0.25, 0.3) is 0 Å². The minimum absolute atomic E-state index is 0.232. The van der Waals surface area contributed by atoms with Crippen LogP contribution in [0.3, 0.4) is 0 Å². The SMILES string of the molecule is C=CCC1CCCCC1(C(=O)O)C(=O)O. The molecule has 1 saturated carbocycles. The Morgan fingerprint density at radius 2 is 1.93 bits per heavy atom. The molecule has 0 spiro atoms. The molecule has 0 aromatic carbocycles. The molecule has 1 rings (SSSR count). The van der Waals surface area contributed by atoms with Crippen molar-refractivity contribution in [1.82, 2.24) is 0 Å². The maximum atomic E-state index is 11.2. The lowest BCUT2D eigenvalue weighted by Crippen LogP contribution is -2.47. The summed E-state index contributed by atoms with van der Waals surface area (Å²) >= 11 is 0. The predicted molar refractivity (Wildman–Crippen MR) is 54.5 cm³/mol. The van der Waals surface area contributed by atoms with Crippen LogP contribution >= 0.6 is 0 Å². The lowest BCUT2D eigenvalue weighted by atomic mass is 9.65. The van der Waals surface area contributed by atoms with Crippen LogP contribution in [0.4, 0.5) is 0 Å². The van der Waals surface area contributed by atoms with E-state index in [9.17, 15) is 9.59 Å². The summed E-state index contributed by atoms with van der Waals surface area (Å²) in [5.41, 5.74) is -1.59. The average molecular weight is 212 g/mol. The highest BCUT2D eigenvalue weighted by molar-refractivity contribution is 5.98. The van der Waals surface area contributed by atoms with Gasteiger partial charge >= 0.3 is 11.9 Å². The van der Waals surface area contributed by atoms with Crippen molar-refractivity contribution in [2.75, 3.05) is 0 Å². The molecule has 0 heterocycles. The van der Waals surface area contributed by atoms with Gasteiger partial charge in [0.25, 0.3) is 0 Å². The Morgan fingerprint density at radius 3 is 2.40 bits per heavy atom. The van der Waals surface area contributed by atoms with E-state index in [0.717, 1.165) is 6.42 Å². The summed E-state index contributed by atoms with van der Waals surface area (Å²) in [4.78, 5) is 22.4. The van der Waals surface area contributed by atoms with Gasteiger partial charge in [-0.05, 0) is 25.2 Å². The van der Waals surface area contributed by atoms with E-state index in [1.54, 1.807) is 6.08 Å². The predicted octanol–water partition coefficient (Wildman–Crippen LogP) is 1.91. The summed E-state index contributed by atoms with van der Waals surface area (Å²) in [6.07, 6.45) is 4.53. The van der Waals surface area contributed by atoms with E-state index < -0.39 is 17.4 Å². The number of carboxylic acid groups (broad SMARTS) is 2. The Balaban J connectivity index is 3.04. The number of allylic oxidation sites excluding steroid dienone is 1. The number of hydrogen-bond acceptors (Lipinski definition) is 2. The third kappa shape index (κ3) is 1.89. The zero-order valence-corrected chi connectivity index (χ0v) is 8.61. The second kappa shape index (κ2) is 4.47. The largest absolute Gasteiger partial charge is 0.480 e. The molecular weight excluding hydrogens is 196 g/mol. The van der Waals surface area contributed by atoms with Gasteiger partial charge in [-0.15, -0.1) is 6.58 Å². The fraction of sp³-hybridized carbons (Fsp3) is 0.636. The first-order chi connectivity index (χ1) is 7.05. The van der Waals surface area contributed by atoms with E-state index in [1.165, 1.54) is 0 Å². The molecule has 15 heavy (non-hydrogen) atoms. The van der Waals surface area contributed by atoms with Gasteiger partial charge in [0.2, 0.25) is 0 Å². The Bertz CT molecular complexity index is 268. The monoisotopic (exact) mass is 212 g/mol. The number of rotatable bonds is 4. The van der Waals surface area contributed by atoms with Crippen molar-refractivity contribution in [2.24, 2.45) is 11.3 Å². The molecule has 84 valence electrons. The number of carbonyl (C=O) groups is 2. The van der Waals surface area contributed by atoms with Crippen molar-refractivity contribution in [2.45, 2.75) is 32.1 Å². The van der Waals surface area contributed by atoms with Gasteiger partial charge in [0, 0.05) is 0 Å². The van der Waals surface area contributed by atoms with Crippen LogP contribution < -0.4 is 0 Å². The standard InChI is InChI=1S/C11H16O4/c1-2-5-8-6-3-4-7-11(8,9(12)13)10(14)15/h2,8H,1,3-7H2,(H,12,13)(H,14,15). The van der Waals surface area contributed by atoms with Crippen molar-refractivity contribution in [3.63, 3.8) is 0 Å². The molecule has 0 aromatic heterocycles. The van der Waals surface area contributed by atoms with Crippen LogP contribution in [0.1, 0.15) is 32.1 Å². The molecule has 1 aliphatic carbocycles. The normalized spacial score (nSPS) is 24.4. The molecule has 0 aliphatic heterocycles. The van der Waals surface area contributed by atoms with E-state index in [2.05, 4.69) is 6.58 Å². The molecule has 1 fully saturated rings. The van der Waals surface area contributed by atoms with Crippen molar-refractivity contribution in [3.8, 4) is 0 Å². The Hall–Kier alpha value is -1.32. The second-order valence-electron chi connectivity index (χ2n) is 4.05. The molecule has 4 heteroatoms. The number of carboxylic acids is 2. The average Bonchev–Trinajstić information content (AvgIpc) is 2.18. The van der Waals surface area contributed by atoms with Gasteiger partial charge in [-0.1, -0.05) is 18.9 Å². The topological polar surface area (TPSA) is 74.6 Å². The van der Waals surface area contributed by atoms with Crippen LogP contribution in [-0.2, 0) is 9.59 Å². The maximum Gasteiger partial charge on any atom is 0.321 e. The highest BCUT2D eigenvalue weighted by Gasteiger charge is 2.53. The van der Waals surface area contributed by atoms with Gasteiger partial charge < -0.3 is 10.2 Å². The van der Waals surface area contributed by atoms with Crippen molar-refractivity contribution in [1.29, 1.82) is 0 Å². The lowest BCUT2D eigenvalue weighted by Gasteiger charge is -2.36. The smallest absolute Gasteiger partial charge is 0.321 e. The third-order valence-electron chi connectivity index (χ3n) is 3.29. The lowest BCUT2D eigenvalue weighted by molar-refractivity contribution is -0.172. The fourth-order valence-electron chi connectivity index (χ4n) is 2.42. The molecule has 0 aromatic rings. The molecule has 0 bridgehead atoms. The van der Waals surface area contributed by atoms with E-state index in [4.69, 9.17) is 10.2 Å². The van der Waals surface area contributed by atoms with Crippen LogP contribution in [-0.4, -0.2) is 22.2 Å². The maximum absolute atomic E-state index is 11.2. The van der Waals surface area contributed by atoms with Gasteiger partial charge in [0.1, 0.15) is 0 Å². The van der Waals surface area contributed by atoms with E-state index >= 15 is 0 Å². The van der Waals surface area contributed by atoms with Crippen molar-refractivity contribution < 1.29 is 19.8 Å². The summed E-state index contributed by atoms with van der Waals surface area (Å²) in [6.45, 7) is 3.55. The minimum Gasteiger partial charge on any atom is -0.480 e. The van der Waals surface area contributed by atoms with Crippen LogP contribution in [0, 0.1) is 11.3 Å². The number of hydrogen-bond donors (Lipinski definition) is 2. The third-order valence-corrected chi connectivity index (χ3v) is 3.29. The first-order valence-electron chi connectivity index (χ1n) is 5.13. The summed E-state index contributed by atoms with van der Waals surface area (Å²) in [5.74, 6) is -2.73. The molecule has 1 atom stereocenters. The molecule has 4 nitrogen and oxygen atoms in total. The van der Waals surface area contributed by atoms with Gasteiger partial charge in [-0.3, -0.25) is 9.59 Å². The van der Waals surface area contributed by atoms with Gasteiger partial charge in [-0.25, -0.2) is 0 Å². The summed E-state index contributed by atoms with van der Waals surface area (Å²) < 4.78 is 0. The van der Waals surface area contributed by atoms with E-state index in [0.29, 0.717) is 19.3 Å². The van der Waals surface area contributed by atoms with Crippen molar-refractivity contribution in [3.05, 3.63) is 12.7 Å². The van der Waals surface area contributed by atoms with Gasteiger partial charge in [0.15, 0.2) is 5.41 Å². The van der Waals surface area contributed by atoms with Gasteiger partial charge in [-0.2, -0.15) is 0 Å². The van der Waals surface area contributed by atoms with Crippen molar-refractivity contribution >= 4 is 11.9 Å². The van der Waals surface area contributed by atoms with Gasteiger partial charge in [0.05, 0.1) is 0 Å². The van der Waals surface area contributed by atoms with E-state index in [-0.39, 0.29) is 12.3 Å². The Kier molecular flexibility index (Phi) is 3.50. The fourth-order valence-corrected chi connectivity index (χ4v) is 2.42. The highest BCUT2D eigenvalue weighted by Crippen LogP contribution is 2.43. The summed E-state index contributed by atoms with van der Waals surface area (Å²) in [5, 5.41) is 18.3. The Labute approximate surface area is 88.6 Å². The zero-order chi connectivity index (χ0) is 11.5. The second-order valence-corrected chi connectivity index (χ2v) is 4.05. The zero-order valence-electron chi connectivity index (χ0n) is 8.61. The molecule has 0 amide bonds. The molecule has 0 radical (unpaired) electrons. The molecule has 2 N–H and O–H groups in total. The molecule has 1 unspecified atom stereocenters. The Morgan fingerprint density at radius 1 is 1.33 bits per heavy atom. The number of aliphatic carboxylic acids is 2. The quantitative estimate of drug-likeness (QED) is 0.551.